The van der Waals surface area contributed by atoms with Crippen LogP contribution < -0.4 is 10.3 Å². The summed E-state index contributed by atoms with van der Waals surface area (Å²) in [4.78, 5) is 28.1. The summed E-state index contributed by atoms with van der Waals surface area (Å²) in [5, 5.41) is 0.633. The average Bonchev–Trinajstić information content (AvgIpc) is 3.27. The van der Waals surface area contributed by atoms with Gasteiger partial charge in [0.05, 0.1) is 23.6 Å². The molecule has 0 aliphatic carbocycles. The first kappa shape index (κ1) is 19.9. The number of hydrogen-bond acceptors (Lipinski definition) is 5. The number of nitrogens with zero attached hydrogens (tertiary/aromatic N) is 1. The maximum absolute atomic E-state index is 13.5. The van der Waals surface area contributed by atoms with Gasteiger partial charge in [0.1, 0.15) is 5.58 Å². The van der Waals surface area contributed by atoms with Gasteiger partial charge in [-0.1, -0.05) is 31.2 Å². The molecule has 1 saturated heterocycles. The Bertz CT molecular complexity index is 1240. The second-order valence-electron chi connectivity index (χ2n) is 8.77. The molecule has 5 heteroatoms. The monoisotopic (exact) mass is 417 g/mol. The number of ether oxygens (including phenoxy) is 1. The highest BCUT2D eigenvalue weighted by Gasteiger charge is 2.34. The van der Waals surface area contributed by atoms with Gasteiger partial charge in [0, 0.05) is 24.1 Å². The van der Waals surface area contributed by atoms with Gasteiger partial charge < -0.3 is 14.1 Å². The molecule has 1 fully saturated rings. The topological polar surface area (TPSA) is 59.8 Å². The van der Waals surface area contributed by atoms with E-state index in [0.717, 1.165) is 60.4 Å². The summed E-state index contributed by atoms with van der Waals surface area (Å²) >= 11 is 0. The number of benzene rings is 2. The van der Waals surface area contributed by atoms with E-state index in [2.05, 4.69) is 11.0 Å². The van der Waals surface area contributed by atoms with Crippen LogP contribution >= 0.6 is 0 Å². The molecule has 0 spiro atoms. The van der Waals surface area contributed by atoms with Crippen LogP contribution in [0.15, 0.2) is 45.6 Å². The second-order valence-corrected chi connectivity index (χ2v) is 8.77. The molecule has 5 nitrogen and oxygen atoms in total. The lowest BCUT2D eigenvalue weighted by molar-refractivity contribution is 0.0599. The summed E-state index contributed by atoms with van der Waals surface area (Å²) in [6, 6.07) is 11.9. The lowest BCUT2D eigenvalue weighted by Gasteiger charge is -2.32. The number of anilines is 1. The Kier molecular flexibility index (Phi) is 4.84. The van der Waals surface area contributed by atoms with Gasteiger partial charge in [0.2, 0.25) is 5.88 Å². The van der Waals surface area contributed by atoms with Crippen molar-refractivity contribution < 1.29 is 13.9 Å². The first-order chi connectivity index (χ1) is 15.0. The molecule has 2 aromatic carbocycles. The zero-order chi connectivity index (χ0) is 21.7. The van der Waals surface area contributed by atoms with Crippen LogP contribution in [0.1, 0.15) is 64.7 Å². The number of esters is 1. The van der Waals surface area contributed by atoms with Gasteiger partial charge in [-0.2, -0.15) is 0 Å². The van der Waals surface area contributed by atoms with Crippen LogP contribution in [0.2, 0.25) is 0 Å². The summed E-state index contributed by atoms with van der Waals surface area (Å²) in [5.74, 6) is 0.250. The number of hydrogen-bond donors (Lipinski definition) is 0. The zero-order valence-corrected chi connectivity index (χ0v) is 18.2. The van der Waals surface area contributed by atoms with Gasteiger partial charge in [-0.3, -0.25) is 4.79 Å². The van der Waals surface area contributed by atoms with Crippen LogP contribution in [-0.2, 0) is 11.2 Å². The fraction of sp³-hybridized carbons (Fsp3) is 0.385. The number of fused-ring (bicyclic) bond motifs is 4. The van der Waals surface area contributed by atoms with E-state index in [0.29, 0.717) is 22.6 Å². The molecule has 3 heterocycles. The van der Waals surface area contributed by atoms with Crippen molar-refractivity contribution in [1.82, 2.24) is 0 Å². The van der Waals surface area contributed by atoms with Crippen molar-refractivity contribution in [2.45, 2.75) is 51.5 Å². The molecule has 2 aliphatic heterocycles. The number of aryl methyl sites for hydroxylation is 1. The summed E-state index contributed by atoms with van der Waals surface area (Å²) in [6.45, 7) is 4.99. The number of carbonyl (C=O) groups excluding carboxylic acids is 1. The standard InChI is InChI=1S/C26H27NO4/c1-15-13-21(16(2)18-8-4-5-9-19(18)26(29)30-3)24-22(14-15)23(28)20-11-10-17-7-6-12-27(17)25(20)31-24/h4-5,8-9,13-14,16-17H,6-7,10-12H2,1-3H3. The van der Waals surface area contributed by atoms with Crippen LogP contribution in [0.5, 0.6) is 0 Å². The van der Waals surface area contributed by atoms with E-state index >= 15 is 0 Å². The Morgan fingerprint density at radius 1 is 1.19 bits per heavy atom. The minimum Gasteiger partial charge on any atom is -0.465 e. The summed E-state index contributed by atoms with van der Waals surface area (Å²) in [6.07, 6.45) is 4.09. The summed E-state index contributed by atoms with van der Waals surface area (Å²) in [5.41, 5.74) is 4.85. The fourth-order valence-corrected chi connectivity index (χ4v) is 5.33. The van der Waals surface area contributed by atoms with E-state index < -0.39 is 0 Å². The highest BCUT2D eigenvalue weighted by molar-refractivity contribution is 5.92. The van der Waals surface area contributed by atoms with Gasteiger partial charge in [0.25, 0.3) is 0 Å². The Balaban J connectivity index is 1.73. The van der Waals surface area contributed by atoms with E-state index in [1.165, 1.54) is 7.11 Å². The molecule has 0 amide bonds. The largest absolute Gasteiger partial charge is 0.465 e. The third-order valence-electron chi connectivity index (χ3n) is 6.90. The molecule has 0 N–H and O–H groups in total. The molecule has 1 aromatic heterocycles. The first-order valence-electron chi connectivity index (χ1n) is 11.0. The third-order valence-corrected chi connectivity index (χ3v) is 6.90. The molecular weight excluding hydrogens is 390 g/mol. The normalized spacial score (nSPS) is 18.5. The van der Waals surface area contributed by atoms with Crippen LogP contribution in [-0.4, -0.2) is 25.7 Å². The Hall–Kier alpha value is -3.08. The van der Waals surface area contributed by atoms with Crippen LogP contribution in [0.3, 0.4) is 0 Å². The summed E-state index contributed by atoms with van der Waals surface area (Å²) in [7, 11) is 1.39. The van der Waals surface area contributed by atoms with Crippen molar-refractivity contribution in [2.24, 2.45) is 0 Å². The highest BCUT2D eigenvalue weighted by atomic mass is 16.5. The Labute approximate surface area is 181 Å². The fourth-order valence-electron chi connectivity index (χ4n) is 5.33. The average molecular weight is 418 g/mol. The molecule has 2 unspecified atom stereocenters. The molecule has 3 aromatic rings. The van der Waals surface area contributed by atoms with Crippen molar-refractivity contribution in [3.63, 3.8) is 0 Å². The van der Waals surface area contributed by atoms with Crippen LogP contribution in [0.4, 0.5) is 5.88 Å². The van der Waals surface area contributed by atoms with Crippen molar-refractivity contribution >= 4 is 22.8 Å². The SMILES string of the molecule is COC(=O)c1ccccc1C(C)c1cc(C)cc2c(=O)c3c(oc12)N1CCCC1CC3. The van der Waals surface area contributed by atoms with Gasteiger partial charge in [-0.25, -0.2) is 4.79 Å². The Morgan fingerprint density at radius 2 is 2.00 bits per heavy atom. The molecule has 5 rings (SSSR count). The Morgan fingerprint density at radius 3 is 2.81 bits per heavy atom. The van der Waals surface area contributed by atoms with Gasteiger partial charge in [-0.15, -0.1) is 0 Å². The molecule has 2 aliphatic rings. The number of methoxy groups -OCH3 is 1. The smallest absolute Gasteiger partial charge is 0.338 e. The molecular formula is C26H27NO4. The zero-order valence-electron chi connectivity index (χ0n) is 18.2. The predicted molar refractivity (Wildman–Crippen MR) is 121 cm³/mol. The van der Waals surface area contributed by atoms with E-state index in [9.17, 15) is 9.59 Å². The van der Waals surface area contributed by atoms with E-state index in [4.69, 9.17) is 9.15 Å². The molecule has 2 atom stereocenters. The maximum atomic E-state index is 13.5. The van der Waals surface area contributed by atoms with Crippen LogP contribution in [0, 0.1) is 6.92 Å². The van der Waals surface area contributed by atoms with Crippen molar-refractivity contribution in [3.8, 4) is 0 Å². The number of carbonyl (C=O) groups is 1. The molecule has 160 valence electrons. The lowest BCUT2D eigenvalue weighted by Crippen LogP contribution is -2.36. The van der Waals surface area contributed by atoms with Crippen molar-refractivity contribution in [3.05, 3.63) is 74.4 Å². The minimum absolute atomic E-state index is 0.0833. The number of rotatable bonds is 3. The quantitative estimate of drug-likeness (QED) is 0.564. The molecule has 0 radical (unpaired) electrons. The van der Waals surface area contributed by atoms with Gasteiger partial charge >= 0.3 is 5.97 Å². The van der Waals surface area contributed by atoms with Gasteiger partial charge in [0.15, 0.2) is 5.43 Å². The summed E-state index contributed by atoms with van der Waals surface area (Å²) < 4.78 is 11.5. The lowest BCUT2D eigenvalue weighted by atomic mass is 9.87. The highest BCUT2D eigenvalue weighted by Crippen LogP contribution is 2.39. The maximum Gasteiger partial charge on any atom is 0.338 e. The van der Waals surface area contributed by atoms with E-state index in [1.54, 1.807) is 6.07 Å². The van der Waals surface area contributed by atoms with Crippen molar-refractivity contribution in [1.29, 1.82) is 0 Å². The van der Waals surface area contributed by atoms with E-state index in [1.807, 2.05) is 38.1 Å². The first-order valence-corrected chi connectivity index (χ1v) is 11.0. The molecule has 0 saturated carbocycles. The second kappa shape index (κ2) is 7.56. The van der Waals surface area contributed by atoms with E-state index in [-0.39, 0.29) is 17.3 Å². The van der Waals surface area contributed by atoms with Crippen LogP contribution in [0.25, 0.3) is 11.0 Å². The molecule has 0 bridgehead atoms. The minimum atomic E-state index is -0.363. The van der Waals surface area contributed by atoms with Crippen molar-refractivity contribution in [2.75, 3.05) is 18.6 Å². The molecule has 31 heavy (non-hydrogen) atoms. The predicted octanol–water partition coefficient (Wildman–Crippen LogP) is 4.95. The third kappa shape index (κ3) is 3.14. The van der Waals surface area contributed by atoms with Gasteiger partial charge in [-0.05, 0) is 55.9 Å².